The van der Waals surface area contributed by atoms with Gasteiger partial charge in [0.05, 0.1) is 17.3 Å². The average molecular weight is 260 g/mol. The molecule has 0 spiro atoms. The Morgan fingerprint density at radius 2 is 2.19 bits per heavy atom. The third-order valence-corrected chi connectivity index (χ3v) is 4.86. The highest BCUT2D eigenvalue weighted by Crippen LogP contribution is 2.18. The molecule has 2 unspecified atom stereocenters. The number of thiazole rings is 1. The zero-order chi connectivity index (χ0) is 12.1. The molecular formula is C11H20N2OS2. The summed E-state index contributed by atoms with van der Waals surface area (Å²) in [5, 5.41) is 14.0. The van der Waals surface area contributed by atoms with Gasteiger partial charge in [-0.2, -0.15) is 11.8 Å². The number of thioether (sulfide) groups is 1. The van der Waals surface area contributed by atoms with E-state index >= 15 is 0 Å². The van der Waals surface area contributed by atoms with Crippen molar-refractivity contribution in [3.63, 3.8) is 0 Å². The number of aryl methyl sites for hydroxylation is 2. The fourth-order valence-electron chi connectivity index (χ4n) is 1.56. The molecule has 2 N–H and O–H groups in total. The van der Waals surface area contributed by atoms with E-state index in [9.17, 15) is 5.11 Å². The highest BCUT2D eigenvalue weighted by molar-refractivity contribution is 7.99. The van der Waals surface area contributed by atoms with Gasteiger partial charge in [0, 0.05) is 22.7 Å². The number of rotatable bonds is 6. The van der Waals surface area contributed by atoms with Gasteiger partial charge in [-0.15, -0.1) is 11.3 Å². The molecule has 0 radical (unpaired) electrons. The molecule has 3 nitrogen and oxygen atoms in total. The highest BCUT2D eigenvalue weighted by Gasteiger charge is 2.15. The van der Waals surface area contributed by atoms with Crippen molar-refractivity contribution in [2.75, 3.05) is 12.9 Å². The molecule has 16 heavy (non-hydrogen) atoms. The van der Waals surface area contributed by atoms with Gasteiger partial charge in [0.2, 0.25) is 0 Å². The second-order valence-electron chi connectivity index (χ2n) is 3.87. The summed E-state index contributed by atoms with van der Waals surface area (Å²) < 4.78 is 0. The van der Waals surface area contributed by atoms with Crippen LogP contribution in [0.3, 0.4) is 0 Å². The number of aliphatic hydroxyl groups is 1. The van der Waals surface area contributed by atoms with E-state index in [1.54, 1.807) is 23.1 Å². The van der Waals surface area contributed by atoms with Crippen molar-refractivity contribution in [3.8, 4) is 0 Å². The lowest BCUT2D eigenvalue weighted by Crippen LogP contribution is -2.37. The molecule has 1 aromatic rings. The first kappa shape index (κ1) is 14.0. The maximum absolute atomic E-state index is 9.18. The summed E-state index contributed by atoms with van der Waals surface area (Å²) in [5.41, 5.74) is 1.12. The summed E-state index contributed by atoms with van der Waals surface area (Å²) in [4.78, 5) is 5.69. The average Bonchev–Trinajstić information content (AvgIpc) is 2.56. The van der Waals surface area contributed by atoms with Gasteiger partial charge in [-0.25, -0.2) is 4.98 Å². The van der Waals surface area contributed by atoms with Crippen molar-refractivity contribution in [1.82, 2.24) is 10.3 Å². The number of nitrogens with one attached hydrogen (secondary N) is 1. The van der Waals surface area contributed by atoms with Crippen molar-refractivity contribution in [2.24, 2.45) is 0 Å². The Hall–Kier alpha value is -0.100. The lowest BCUT2D eigenvalue weighted by Gasteiger charge is -2.21. The van der Waals surface area contributed by atoms with Crippen molar-refractivity contribution < 1.29 is 5.11 Å². The number of hydrogen-bond acceptors (Lipinski definition) is 5. The van der Waals surface area contributed by atoms with Crippen LogP contribution in [-0.2, 0) is 6.54 Å². The molecule has 0 aromatic carbocycles. The number of hydrogen-bond donors (Lipinski definition) is 2. The molecule has 1 heterocycles. The fraction of sp³-hybridized carbons (Fsp3) is 0.727. The van der Waals surface area contributed by atoms with Crippen LogP contribution < -0.4 is 5.32 Å². The Bertz CT molecular complexity index is 324. The first-order valence-electron chi connectivity index (χ1n) is 5.38. The second kappa shape index (κ2) is 6.59. The molecule has 0 aliphatic rings. The van der Waals surface area contributed by atoms with Crippen LogP contribution in [0.4, 0.5) is 0 Å². The molecule has 92 valence electrons. The van der Waals surface area contributed by atoms with E-state index in [1.165, 1.54) is 4.88 Å². The topological polar surface area (TPSA) is 45.1 Å². The summed E-state index contributed by atoms with van der Waals surface area (Å²) >= 11 is 3.44. The van der Waals surface area contributed by atoms with E-state index in [4.69, 9.17) is 0 Å². The van der Waals surface area contributed by atoms with Gasteiger partial charge in [0.1, 0.15) is 0 Å². The molecule has 0 aliphatic heterocycles. The van der Waals surface area contributed by atoms with Crippen LogP contribution in [-0.4, -0.2) is 34.2 Å². The van der Waals surface area contributed by atoms with Gasteiger partial charge in [-0.1, -0.05) is 0 Å². The third kappa shape index (κ3) is 3.73. The standard InChI is InChI=1S/C11H20N2OS2/c1-7(11(6-14)15-4)12-5-10-8(2)13-9(3)16-10/h7,11-12,14H,5-6H2,1-4H3. The molecule has 0 saturated heterocycles. The van der Waals surface area contributed by atoms with Crippen LogP contribution in [0.15, 0.2) is 0 Å². The molecular weight excluding hydrogens is 240 g/mol. The van der Waals surface area contributed by atoms with Crippen molar-refractivity contribution in [1.29, 1.82) is 0 Å². The van der Waals surface area contributed by atoms with E-state index in [0.717, 1.165) is 17.2 Å². The van der Waals surface area contributed by atoms with Crippen LogP contribution in [0.1, 0.15) is 22.5 Å². The van der Waals surface area contributed by atoms with E-state index in [1.807, 2.05) is 20.1 Å². The van der Waals surface area contributed by atoms with Crippen molar-refractivity contribution in [2.45, 2.75) is 38.6 Å². The number of nitrogens with zero attached hydrogens (tertiary/aromatic N) is 1. The zero-order valence-electron chi connectivity index (χ0n) is 10.3. The van der Waals surface area contributed by atoms with Gasteiger partial charge < -0.3 is 10.4 Å². The summed E-state index contributed by atoms with van der Waals surface area (Å²) in [6.07, 6.45) is 2.03. The Labute approximate surface area is 106 Å². The van der Waals surface area contributed by atoms with E-state index in [-0.39, 0.29) is 11.9 Å². The smallest absolute Gasteiger partial charge is 0.0900 e. The van der Waals surface area contributed by atoms with Crippen molar-refractivity contribution >= 4 is 23.1 Å². The first-order valence-corrected chi connectivity index (χ1v) is 7.48. The van der Waals surface area contributed by atoms with Crippen LogP contribution in [0.25, 0.3) is 0 Å². The maximum Gasteiger partial charge on any atom is 0.0900 e. The van der Waals surface area contributed by atoms with Gasteiger partial charge >= 0.3 is 0 Å². The Morgan fingerprint density at radius 3 is 2.62 bits per heavy atom. The molecule has 0 fully saturated rings. The van der Waals surface area contributed by atoms with E-state index < -0.39 is 0 Å². The highest BCUT2D eigenvalue weighted by atomic mass is 32.2. The zero-order valence-corrected chi connectivity index (χ0v) is 11.9. The van der Waals surface area contributed by atoms with Gasteiger partial charge in [-0.05, 0) is 27.0 Å². The summed E-state index contributed by atoms with van der Waals surface area (Å²) in [5.74, 6) is 0. The van der Waals surface area contributed by atoms with Crippen LogP contribution >= 0.6 is 23.1 Å². The molecule has 5 heteroatoms. The van der Waals surface area contributed by atoms with Gasteiger partial charge in [0.15, 0.2) is 0 Å². The SMILES string of the molecule is CSC(CO)C(C)NCc1sc(C)nc1C. The van der Waals surface area contributed by atoms with Gasteiger partial charge in [-0.3, -0.25) is 0 Å². The first-order chi connectivity index (χ1) is 7.58. The Balaban J connectivity index is 2.48. The Morgan fingerprint density at radius 1 is 1.50 bits per heavy atom. The third-order valence-electron chi connectivity index (χ3n) is 2.62. The van der Waals surface area contributed by atoms with E-state index in [0.29, 0.717) is 6.04 Å². The van der Waals surface area contributed by atoms with Crippen molar-refractivity contribution in [3.05, 3.63) is 15.6 Å². The summed E-state index contributed by atoms with van der Waals surface area (Å²) in [7, 11) is 0. The summed E-state index contributed by atoms with van der Waals surface area (Å²) in [6, 6.07) is 0.307. The van der Waals surface area contributed by atoms with Gasteiger partial charge in [0.25, 0.3) is 0 Å². The Kier molecular flexibility index (Phi) is 5.75. The summed E-state index contributed by atoms with van der Waals surface area (Å²) in [6.45, 7) is 7.25. The monoisotopic (exact) mass is 260 g/mol. The molecule has 0 aliphatic carbocycles. The largest absolute Gasteiger partial charge is 0.395 e. The van der Waals surface area contributed by atoms with Crippen LogP contribution in [0, 0.1) is 13.8 Å². The predicted molar refractivity (Wildman–Crippen MR) is 72.3 cm³/mol. The number of aliphatic hydroxyl groups excluding tert-OH is 1. The molecule has 2 atom stereocenters. The minimum atomic E-state index is 0.218. The maximum atomic E-state index is 9.18. The lowest BCUT2D eigenvalue weighted by atomic mass is 10.2. The number of aromatic nitrogens is 1. The predicted octanol–water partition coefficient (Wildman–Crippen LogP) is 1.96. The van der Waals surface area contributed by atoms with Crippen LogP contribution in [0.2, 0.25) is 0 Å². The van der Waals surface area contributed by atoms with E-state index in [2.05, 4.69) is 17.2 Å². The quantitative estimate of drug-likeness (QED) is 0.821. The lowest BCUT2D eigenvalue weighted by molar-refractivity contribution is 0.276. The normalized spacial score (nSPS) is 15.1. The fourth-order valence-corrected chi connectivity index (χ4v) is 3.10. The molecule has 0 saturated carbocycles. The molecule has 1 aromatic heterocycles. The minimum absolute atomic E-state index is 0.218. The molecule has 0 amide bonds. The molecule has 0 bridgehead atoms. The van der Waals surface area contributed by atoms with Crippen LogP contribution in [0.5, 0.6) is 0 Å². The molecule has 1 rings (SSSR count). The second-order valence-corrected chi connectivity index (χ2v) is 6.23. The minimum Gasteiger partial charge on any atom is -0.395 e.